The predicted octanol–water partition coefficient (Wildman–Crippen LogP) is 2.06. The second kappa shape index (κ2) is 4.49. The Kier molecular flexibility index (Phi) is 3.26. The number of H-pyrrole nitrogens is 1. The van der Waals surface area contributed by atoms with E-state index in [2.05, 4.69) is 28.4 Å². The maximum atomic E-state index is 5.30. The molecule has 0 bridgehead atoms. The van der Waals surface area contributed by atoms with Crippen molar-refractivity contribution in [1.82, 2.24) is 14.5 Å². The topological polar surface area (TPSA) is 24.0 Å². The van der Waals surface area contributed by atoms with Crippen molar-refractivity contribution in [1.29, 1.82) is 0 Å². The Bertz CT molecular complexity index is 379. The lowest BCUT2D eigenvalue weighted by Gasteiger charge is -2.13. The van der Waals surface area contributed by atoms with E-state index in [-0.39, 0.29) is 0 Å². The van der Waals surface area contributed by atoms with Crippen LogP contribution in [0.5, 0.6) is 0 Å². The van der Waals surface area contributed by atoms with E-state index in [1.54, 1.807) is 0 Å². The lowest BCUT2D eigenvalue weighted by Crippen LogP contribution is -2.18. The number of rotatable bonds is 3. The van der Waals surface area contributed by atoms with E-state index in [0.717, 1.165) is 23.7 Å². The zero-order chi connectivity index (χ0) is 10.8. The van der Waals surface area contributed by atoms with Crippen LogP contribution in [-0.2, 0) is 13.0 Å². The lowest BCUT2D eigenvalue weighted by molar-refractivity contribution is 0.375. The van der Waals surface area contributed by atoms with E-state index in [1.165, 1.54) is 25.2 Å². The first kappa shape index (κ1) is 10.9. The van der Waals surface area contributed by atoms with E-state index in [9.17, 15) is 0 Å². The molecular formula is C11H19N3S. The number of aromatic nitrogens is 2. The molecule has 84 valence electrons. The number of aromatic amines is 1. The van der Waals surface area contributed by atoms with Gasteiger partial charge in [-0.05, 0) is 44.6 Å². The zero-order valence-corrected chi connectivity index (χ0v) is 10.3. The second-order valence-corrected chi connectivity index (χ2v) is 4.85. The van der Waals surface area contributed by atoms with Gasteiger partial charge in [0.2, 0.25) is 0 Å². The molecule has 3 nitrogen and oxygen atoms in total. The molecule has 0 aromatic carbocycles. The molecule has 1 saturated heterocycles. The van der Waals surface area contributed by atoms with Gasteiger partial charge in [-0.1, -0.05) is 6.92 Å². The molecule has 2 rings (SSSR count). The maximum absolute atomic E-state index is 5.30. The monoisotopic (exact) mass is 225 g/mol. The number of hydrogen-bond acceptors (Lipinski definition) is 2. The SMILES string of the molecule is CCc1c[nH]c(=S)n1CC1CCN(C)C1. The van der Waals surface area contributed by atoms with Crippen LogP contribution >= 0.6 is 12.2 Å². The average Bonchev–Trinajstić information content (AvgIpc) is 2.76. The van der Waals surface area contributed by atoms with Crippen LogP contribution in [0.1, 0.15) is 19.0 Å². The Labute approximate surface area is 96.1 Å². The highest BCUT2D eigenvalue weighted by Crippen LogP contribution is 2.17. The number of hydrogen-bond donors (Lipinski definition) is 1. The molecule has 2 heterocycles. The molecule has 1 unspecified atom stereocenters. The van der Waals surface area contributed by atoms with Crippen molar-refractivity contribution < 1.29 is 0 Å². The summed E-state index contributed by atoms with van der Waals surface area (Å²) in [6, 6.07) is 0. The highest BCUT2D eigenvalue weighted by molar-refractivity contribution is 7.71. The highest BCUT2D eigenvalue weighted by Gasteiger charge is 2.20. The quantitative estimate of drug-likeness (QED) is 0.796. The first-order valence-corrected chi connectivity index (χ1v) is 6.07. The van der Waals surface area contributed by atoms with Crippen LogP contribution in [0.25, 0.3) is 0 Å². The minimum absolute atomic E-state index is 0.766. The Morgan fingerprint density at radius 2 is 2.40 bits per heavy atom. The fourth-order valence-electron chi connectivity index (χ4n) is 2.36. The van der Waals surface area contributed by atoms with Gasteiger partial charge in [-0.3, -0.25) is 0 Å². The first-order valence-electron chi connectivity index (χ1n) is 5.66. The van der Waals surface area contributed by atoms with Gasteiger partial charge in [0.1, 0.15) is 0 Å². The molecular weight excluding hydrogens is 206 g/mol. The van der Waals surface area contributed by atoms with Gasteiger partial charge in [-0.2, -0.15) is 0 Å². The molecule has 0 saturated carbocycles. The molecule has 4 heteroatoms. The predicted molar refractivity (Wildman–Crippen MR) is 64.6 cm³/mol. The summed E-state index contributed by atoms with van der Waals surface area (Å²) in [4.78, 5) is 5.53. The Balaban J connectivity index is 2.10. The van der Waals surface area contributed by atoms with Gasteiger partial charge >= 0.3 is 0 Å². The summed E-state index contributed by atoms with van der Waals surface area (Å²) in [6.07, 6.45) is 4.39. The first-order chi connectivity index (χ1) is 7.20. The van der Waals surface area contributed by atoms with Crippen LogP contribution in [-0.4, -0.2) is 34.6 Å². The van der Waals surface area contributed by atoms with Gasteiger partial charge in [-0.15, -0.1) is 0 Å². The number of nitrogens with zero attached hydrogens (tertiary/aromatic N) is 2. The summed E-state index contributed by atoms with van der Waals surface area (Å²) in [5.41, 5.74) is 1.33. The summed E-state index contributed by atoms with van der Waals surface area (Å²) < 4.78 is 3.14. The number of imidazole rings is 1. The number of aryl methyl sites for hydroxylation is 1. The maximum Gasteiger partial charge on any atom is 0.177 e. The molecule has 0 spiro atoms. The molecule has 0 radical (unpaired) electrons. The van der Waals surface area contributed by atoms with Crippen LogP contribution in [0.15, 0.2) is 6.20 Å². The second-order valence-electron chi connectivity index (χ2n) is 4.47. The van der Waals surface area contributed by atoms with E-state index in [0.29, 0.717) is 0 Å². The van der Waals surface area contributed by atoms with Crippen molar-refractivity contribution in [3.63, 3.8) is 0 Å². The van der Waals surface area contributed by atoms with Crippen molar-refractivity contribution in [3.8, 4) is 0 Å². The molecule has 15 heavy (non-hydrogen) atoms. The highest BCUT2D eigenvalue weighted by atomic mass is 32.1. The molecule has 1 aromatic rings. The largest absolute Gasteiger partial charge is 0.337 e. The summed E-state index contributed by atoms with van der Waals surface area (Å²) in [7, 11) is 2.19. The summed E-state index contributed by atoms with van der Waals surface area (Å²) in [5, 5.41) is 0. The van der Waals surface area contributed by atoms with E-state index < -0.39 is 0 Å². The summed E-state index contributed by atoms with van der Waals surface area (Å²) >= 11 is 5.30. The minimum atomic E-state index is 0.766. The van der Waals surface area contributed by atoms with Gasteiger partial charge < -0.3 is 14.5 Å². The third-order valence-electron chi connectivity index (χ3n) is 3.25. The Hall–Kier alpha value is -0.610. The van der Waals surface area contributed by atoms with Crippen molar-refractivity contribution in [2.24, 2.45) is 5.92 Å². The van der Waals surface area contributed by atoms with Crippen LogP contribution in [0.4, 0.5) is 0 Å². The van der Waals surface area contributed by atoms with Crippen molar-refractivity contribution >= 4 is 12.2 Å². The van der Waals surface area contributed by atoms with Gasteiger partial charge in [-0.25, -0.2) is 0 Å². The number of nitrogens with one attached hydrogen (secondary N) is 1. The fourth-order valence-corrected chi connectivity index (χ4v) is 2.61. The molecule has 1 atom stereocenters. The number of likely N-dealkylation sites (tertiary alicyclic amines) is 1. The van der Waals surface area contributed by atoms with E-state index >= 15 is 0 Å². The standard InChI is InChI=1S/C11H19N3S/c1-3-10-6-12-11(15)14(10)8-9-4-5-13(2)7-9/h6,9H,3-5,7-8H2,1-2H3,(H,12,15). The van der Waals surface area contributed by atoms with Crippen molar-refractivity contribution in [2.75, 3.05) is 20.1 Å². The van der Waals surface area contributed by atoms with Crippen LogP contribution in [0, 0.1) is 10.7 Å². The lowest BCUT2D eigenvalue weighted by atomic mass is 10.1. The summed E-state index contributed by atoms with van der Waals surface area (Å²) in [5.74, 6) is 0.766. The van der Waals surface area contributed by atoms with Crippen LogP contribution in [0.3, 0.4) is 0 Å². The van der Waals surface area contributed by atoms with Gasteiger partial charge in [0.25, 0.3) is 0 Å². The molecule has 0 aliphatic carbocycles. The molecule has 1 fully saturated rings. The third-order valence-corrected chi connectivity index (χ3v) is 3.58. The molecule has 1 aliphatic heterocycles. The molecule has 0 amide bonds. The summed E-state index contributed by atoms with van der Waals surface area (Å²) in [6.45, 7) is 5.69. The van der Waals surface area contributed by atoms with Crippen LogP contribution in [0.2, 0.25) is 0 Å². The fraction of sp³-hybridized carbons (Fsp3) is 0.727. The van der Waals surface area contributed by atoms with Crippen molar-refractivity contribution in [3.05, 3.63) is 16.7 Å². The smallest absolute Gasteiger partial charge is 0.177 e. The molecule has 1 aliphatic rings. The van der Waals surface area contributed by atoms with E-state index in [4.69, 9.17) is 12.2 Å². The Morgan fingerprint density at radius 3 is 3.00 bits per heavy atom. The van der Waals surface area contributed by atoms with Crippen molar-refractivity contribution in [2.45, 2.75) is 26.3 Å². The Morgan fingerprint density at radius 1 is 1.60 bits per heavy atom. The van der Waals surface area contributed by atoms with E-state index in [1.807, 2.05) is 6.20 Å². The zero-order valence-electron chi connectivity index (χ0n) is 9.49. The molecule has 1 aromatic heterocycles. The minimum Gasteiger partial charge on any atom is -0.337 e. The van der Waals surface area contributed by atoms with Crippen LogP contribution < -0.4 is 0 Å². The molecule has 1 N–H and O–H groups in total. The normalized spacial score (nSPS) is 22.4. The third kappa shape index (κ3) is 2.32. The average molecular weight is 225 g/mol. The van der Waals surface area contributed by atoms with Gasteiger partial charge in [0, 0.05) is 25.0 Å². The van der Waals surface area contributed by atoms with Gasteiger partial charge in [0.15, 0.2) is 4.77 Å². The van der Waals surface area contributed by atoms with Gasteiger partial charge in [0.05, 0.1) is 0 Å².